The Balaban J connectivity index is 1.41. The molecule has 0 saturated carbocycles. The maximum Gasteiger partial charge on any atom is 0.0571 e. The summed E-state index contributed by atoms with van der Waals surface area (Å²) in [4.78, 5) is 4.55. The average molecular weight is 511 g/mol. The molecule has 1 aliphatic carbocycles. The summed E-state index contributed by atoms with van der Waals surface area (Å²) in [5.41, 5.74) is 9.00. The van der Waals surface area contributed by atoms with Crippen LogP contribution in [0.2, 0.25) is 0 Å². The second-order valence-corrected chi connectivity index (χ2v) is 11.6. The van der Waals surface area contributed by atoms with E-state index < -0.39 is 0 Å². The fourth-order valence-electron chi connectivity index (χ4n) is 7.37. The summed E-state index contributed by atoms with van der Waals surface area (Å²) in [6.07, 6.45) is 3.94. The molecular formula is C38H26N2. The second kappa shape index (κ2) is 7.58. The van der Waals surface area contributed by atoms with Crippen molar-refractivity contribution in [3.63, 3.8) is 0 Å². The van der Waals surface area contributed by atoms with Crippen molar-refractivity contribution in [2.24, 2.45) is 0 Å². The van der Waals surface area contributed by atoms with Crippen LogP contribution in [-0.4, -0.2) is 9.55 Å². The van der Waals surface area contributed by atoms with E-state index in [0.29, 0.717) is 0 Å². The third kappa shape index (κ3) is 2.70. The number of aromatic nitrogens is 2. The van der Waals surface area contributed by atoms with E-state index in [0.717, 1.165) is 0 Å². The Morgan fingerprint density at radius 1 is 0.500 bits per heavy atom. The van der Waals surface area contributed by atoms with Crippen LogP contribution in [0, 0.1) is 0 Å². The van der Waals surface area contributed by atoms with Crippen molar-refractivity contribution in [2.75, 3.05) is 0 Å². The smallest absolute Gasteiger partial charge is 0.0571 e. The van der Waals surface area contributed by atoms with Crippen molar-refractivity contribution >= 4 is 54.1 Å². The summed E-state index contributed by atoms with van der Waals surface area (Å²) in [6, 6.07) is 40.4. The van der Waals surface area contributed by atoms with Crippen LogP contribution >= 0.6 is 0 Å². The molecule has 9 rings (SSSR count). The molecule has 0 spiro atoms. The lowest BCUT2D eigenvalue weighted by Gasteiger charge is -2.21. The normalized spacial score (nSPS) is 13.9. The van der Waals surface area contributed by atoms with E-state index in [9.17, 15) is 0 Å². The van der Waals surface area contributed by atoms with Crippen LogP contribution in [-0.2, 0) is 5.41 Å². The van der Waals surface area contributed by atoms with Crippen LogP contribution in [0.5, 0.6) is 0 Å². The highest BCUT2D eigenvalue weighted by molar-refractivity contribution is 6.25. The number of nitrogens with zero attached hydrogens (tertiary/aromatic N) is 2. The number of hydrogen-bond donors (Lipinski definition) is 0. The van der Waals surface area contributed by atoms with Gasteiger partial charge in [-0.2, -0.15) is 0 Å². The van der Waals surface area contributed by atoms with Gasteiger partial charge in [-0.1, -0.05) is 92.7 Å². The van der Waals surface area contributed by atoms with Crippen LogP contribution in [0.25, 0.3) is 70.9 Å². The van der Waals surface area contributed by atoms with Gasteiger partial charge in [0.2, 0.25) is 0 Å². The molecule has 0 amide bonds. The molecule has 0 aliphatic heterocycles. The maximum absolute atomic E-state index is 4.55. The Hall–Kier alpha value is -4.95. The largest absolute Gasteiger partial charge is 0.309 e. The first-order valence-corrected chi connectivity index (χ1v) is 14.0. The van der Waals surface area contributed by atoms with Gasteiger partial charge in [-0.15, -0.1) is 0 Å². The van der Waals surface area contributed by atoms with E-state index >= 15 is 0 Å². The average Bonchev–Trinajstić information content (AvgIpc) is 3.45. The predicted octanol–water partition coefficient (Wildman–Crippen LogP) is 9.94. The molecule has 2 heteroatoms. The third-order valence-electron chi connectivity index (χ3n) is 9.26. The van der Waals surface area contributed by atoms with Gasteiger partial charge in [-0.3, -0.25) is 4.98 Å². The van der Waals surface area contributed by atoms with Crippen LogP contribution in [0.4, 0.5) is 0 Å². The van der Waals surface area contributed by atoms with E-state index in [1.165, 1.54) is 82.1 Å². The highest BCUT2D eigenvalue weighted by Gasteiger charge is 2.36. The van der Waals surface area contributed by atoms with E-state index in [1.807, 2.05) is 12.4 Å². The first kappa shape index (κ1) is 21.9. The van der Waals surface area contributed by atoms with Gasteiger partial charge in [0.25, 0.3) is 0 Å². The number of hydrogen-bond acceptors (Lipinski definition) is 1. The highest BCUT2D eigenvalue weighted by atomic mass is 15.0. The highest BCUT2D eigenvalue weighted by Crippen LogP contribution is 2.51. The minimum Gasteiger partial charge on any atom is -0.309 e. The third-order valence-corrected chi connectivity index (χ3v) is 9.26. The molecule has 0 unspecified atom stereocenters. The lowest BCUT2D eigenvalue weighted by atomic mass is 9.82. The van der Waals surface area contributed by atoms with Crippen LogP contribution < -0.4 is 0 Å². The molecule has 6 aromatic carbocycles. The number of benzene rings is 6. The molecule has 0 radical (unpaired) electrons. The molecule has 0 atom stereocenters. The molecule has 0 saturated heterocycles. The maximum atomic E-state index is 4.55. The molecule has 1 aliphatic rings. The summed E-state index contributed by atoms with van der Waals surface area (Å²) in [6.45, 7) is 4.71. The molecule has 8 aromatic rings. The zero-order chi connectivity index (χ0) is 26.6. The van der Waals surface area contributed by atoms with E-state index in [-0.39, 0.29) is 5.41 Å². The Labute approximate surface area is 232 Å². The summed E-state index contributed by atoms with van der Waals surface area (Å²) in [5, 5.41) is 10.2. The van der Waals surface area contributed by atoms with Gasteiger partial charge in [-0.05, 0) is 84.9 Å². The van der Waals surface area contributed by atoms with Crippen LogP contribution in [0.1, 0.15) is 25.0 Å². The van der Waals surface area contributed by atoms with Crippen molar-refractivity contribution < 1.29 is 0 Å². The van der Waals surface area contributed by atoms with Crippen molar-refractivity contribution in [1.82, 2.24) is 9.55 Å². The van der Waals surface area contributed by atoms with E-state index in [1.54, 1.807) is 0 Å². The Morgan fingerprint density at radius 2 is 1.15 bits per heavy atom. The Morgan fingerprint density at radius 3 is 1.90 bits per heavy atom. The number of pyridine rings is 1. The first-order chi connectivity index (χ1) is 19.6. The summed E-state index contributed by atoms with van der Waals surface area (Å²) in [7, 11) is 0. The topological polar surface area (TPSA) is 17.8 Å². The Bertz CT molecular complexity index is 2320. The molecule has 2 nitrogen and oxygen atoms in total. The molecular weight excluding hydrogens is 484 g/mol. The minimum atomic E-state index is -0.0574. The second-order valence-electron chi connectivity index (χ2n) is 11.6. The molecule has 2 aromatic heterocycles. The molecule has 0 bridgehead atoms. The van der Waals surface area contributed by atoms with Gasteiger partial charge >= 0.3 is 0 Å². The fraction of sp³-hybridized carbons (Fsp3) is 0.0789. The summed E-state index contributed by atoms with van der Waals surface area (Å²) >= 11 is 0. The lowest BCUT2D eigenvalue weighted by Crippen LogP contribution is -2.14. The first-order valence-electron chi connectivity index (χ1n) is 14.0. The van der Waals surface area contributed by atoms with Crippen molar-refractivity contribution in [2.45, 2.75) is 19.3 Å². The quantitative estimate of drug-likeness (QED) is 0.201. The van der Waals surface area contributed by atoms with Crippen molar-refractivity contribution in [3.05, 3.63) is 133 Å². The zero-order valence-electron chi connectivity index (χ0n) is 22.4. The molecule has 40 heavy (non-hydrogen) atoms. The number of fused-ring (bicyclic) bond motifs is 12. The molecule has 0 fully saturated rings. The SMILES string of the molecule is CC1(C)c2ccccc2-c2cc3c4cnccc4n(-c4ccc5c6ccccc6c6ccccc6c5c4)c3cc21. The molecule has 2 heterocycles. The number of rotatable bonds is 1. The lowest BCUT2D eigenvalue weighted by molar-refractivity contribution is 0.661. The molecule has 0 N–H and O–H groups in total. The zero-order valence-corrected chi connectivity index (χ0v) is 22.4. The standard InChI is InChI=1S/C38H26N2/c1-38(2)34-14-8-7-13-29(34)31-20-32-33-22-39-18-17-36(33)40(37(32)21-35(31)38)23-15-16-28-26-11-4-3-9-24(26)25-10-5-6-12-27(25)30(28)19-23/h3-22H,1-2H3. The van der Waals surface area contributed by atoms with Gasteiger partial charge in [0, 0.05) is 34.3 Å². The van der Waals surface area contributed by atoms with Gasteiger partial charge in [0.1, 0.15) is 0 Å². The van der Waals surface area contributed by atoms with Crippen LogP contribution in [0.15, 0.2) is 122 Å². The van der Waals surface area contributed by atoms with Gasteiger partial charge < -0.3 is 4.57 Å². The van der Waals surface area contributed by atoms with Crippen molar-refractivity contribution in [1.29, 1.82) is 0 Å². The van der Waals surface area contributed by atoms with Crippen LogP contribution in [0.3, 0.4) is 0 Å². The Kier molecular flexibility index (Phi) is 4.15. The predicted molar refractivity (Wildman–Crippen MR) is 169 cm³/mol. The summed E-state index contributed by atoms with van der Waals surface area (Å²) < 4.78 is 2.44. The van der Waals surface area contributed by atoms with E-state index in [4.69, 9.17) is 0 Å². The minimum absolute atomic E-state index is 0.0574. The fourth-order valence-corrected chi connectivity index (χ4v) is 7.37. The van der Waals surface area contributed by atoms with E-state index in [2.05, 4.69) is 133 Å². The van der Waals surface area contributed by atoms with Gasteiger partial charge in [0.15, 0.2) is 0 Å². The van der Waals surface area contributed by atoms with Gasteiger partial charge in [0.05, 0.1) is 11.0 Å². The van der Waals surface area contributed by atoms with Gasteiger partial charge in [-0.25, -0.2) is 0 Å². The van der Waals surface area contributed by atoms with Crippen molar-refractivity contribution in [3.8, 4) is 16.8 Å². The monoisotopic (exact) mass is 510 g/mol. The summed E-state index contributed by atoms with van der Waals surface area (Å²) in [5.74, 6) is 0. The molecule has 188 valence electrons.